The minimum absolute atomic E-state index is 0.149. The number of esters is 1. The number of ketones is 1. The van der Waals surface area contributed by atoms with Crippen LogP contribution in [0.15, 0.2) is 27.4 Å². The summed E-state index contributed by atoms with van der Waals surface area (Å²) in [6.45, 7) is 6.84. The summed E-state index contributed by atoms with van der Waals surface area (Å²) in [5, 5.41) is 0.649. The van der Waals surface area contributed by atoms with Crippen molar-refractivity contribution in [3.8, 4) is 5.75 Å². The van der Waals surface area contributed by atoms with Crippen molar-refractivity contribution in [1.29, 1.82) is 0 Å². The second kappa shape index (κ2) is 7.29. The molecule has 2 aromatic rings. The first-order chi connectivity index (χ1) is 11.4. The topological polar surface area (TPSA) is 82.8 Å². The number of benzene rings is 1. The first kappa shape index (κ1) is 17.7. The van der Waals surface area contributed by atoms with E-state index in [4.69, 9.17) is 13.9 Å². The Kier molecular flexibility index (Phi) is 5.39. The van der Waals surface area contributed by atoms with Crippen LogP contribution in [0.4, 0.5) is 0 Å². The van der Waals surface area contributed by atoms with E-state index in [1.165, 1.54) is 13.0 Å². The average Bonchev–Trinajstić information content (AvgIpc) is 2.51. The SMILES string of the molecule is CCOC(=O)C(CC)Oc1ccc2c(C)cc(=O)oc2c1C(C)=O. The molecule has 0 amide bonds. The highest BCUT2D eigenvalue weighted by molar-refractivity contribution is 6.07. The minimum atomic E-state index is -0.836. The standard InChI is InChI=1S/C18H20O6/c1-5-13(18(21)22-6-2)23-14-8-7-12-10(3)9-15(20)24-17(12)16(14)11(4)19/h7-9,13H,5-6H2,1-4H3. The van der Waals surface area contributed by atoms with Crippen molar-refractivity contribution in [1.82, 2.24) is 0 Å². The van der Waals surface area contributed by atoms with E-state index in [2.05, 4.69) is 0 Å². The highest BCUT2D eigenvalue weighted by Crippen LogP contribution is 2.30. The van der Waals surface area contributed by atoms with Crippen LogP contribution in [0.5, 0.6) is 5.75 Å². The van der Waals surface area contributed by atoms with Crippen LogP contribution in [0, 0.1) is 6.92 Å². The Hall–Kier alpha value is -2.63. The fraction of sp³-hybridized carbons (Fsp3) is 0.389. The predicted octanol–water partition coefficient (Wildman–Crippen LogP) is 3.02. The van der Waals surface area contributed by atoms with Crippen molar-refractivity contribution in [2.45, 2.75) is 40.2 Å². The van der Waals surface area contributed by atoms with Gasteiger partial charge in [0.1, 0.15) is 11.3 Å². The molecule has 1 atom stereocenters. The van der Waals surface area contributed by atoms with E-state index in [0.717, 1.165) is 0 Å². The Balaban J connectivity index is 2.58. The van der Waals surface area contributed by atoms with Crippen LogP contribution in [0.3, 0.4) is 0 Å². The van der Waals surface area contributed by atoms with Crippen molar-refractivity contribution in [2.75, 3.05) is 6.61 Å². The molecule has 0 bridgehead atoms. The zero-order chi connectivity index (χ0) is 17.9. The van der Waals surface area contributed by atoms with Crippen LogP contribution in [0.2, 0.25) is 0 Å². The summed E-state index contributed by atoms with van der Waals surface area (Å²) < 4.78 is 15.9. The highest BCUT2D eigenvalue weighted by Gasteiger charge is 2.24. The molecule has 1 aromatic carbocycles. The summed E-state index contributed by atoms with van der Waals surface area (Å²) >= 11 is 0. The van der Waals surface area contributed by atoms with E-state index in [1.807, 2.05) is 0 Å². The van der Waals surface area contributed by atoms with Gasteiger partial charge in [-0.25, -0.2) is 9.59 Å². The maximum absolute atomic E-state index is 12.1. The zero-order valence-electron chi connectivity index (χ0n) is 14.2. The molecule has 0 saturated carbocycles. The van der Waals surface area contributed by atoms with Gasteiger partial charge in [0, 0.05) is 11.5 Å². The third kappa shape index (κ3) is 3.48. The van der Waals surface area contributed by atoms with Crippen molar-refractivity contribution >= 4 is 22.7 Å². The fourth-order valence-corrected chi connectivity index (χ4v) is 2.48. The minimum Gasteiger partial charge on any atom is -0.478 e. The van der Waals surface area contributed by atoms with Gasteiger partial charge in [0.25, 0.3) is 0 Å². The van der Waals surface area contributed by atoms with Crippen LogP contribution >= 0.6 is 0 Å². The normalized spacial score (nSPS) is 12.0. The summed E-state index contributed by atoms with van der Waals surface area (Å²) in [5.74, 6) is -0.619. The monoisotopic (exact) mass is 332 g/mol. The molecular weight excluding hydrogens is 312 g/mol. The number of carbonyl (C=O) groups excluding carboxylic acids is 2. The van der Waals surface area contributed by atoms with Gasteiger partial charge >= 0.3 is 11.6 Å². The fourth-order valence-electron chi connectivity index (χ4n) is 2.48. The number of ether oxygens (including phenoxy) is 2. The molecule has 0 fully saturated rings. The van der Waals surface area contributed by atoms with E-state index in [-0.39, 0.29) is 29.3 Å². The summed E-state index contributed by atoms with van der Waals surface area (Å²) in [5.41, 5.74) is 0.476. The van der Waals surface area contributed by atoms with Crippen molar-refractivity contribution in [3.63, 3.8) is 0 Å². The summed E-state index contributed by atoms with van der Waals surface area (Å²) in [6, 6.07) is 4.67. The molecule has 128 valence electrons. The van der Waals surface area contributed by atoms with Crippen LogP contribution in [-0.4, -0.2) is 24.5 Å². The Morgan fingerprint density at radius 3 is 2.54 bits per heavy atom. The second-order valence-electron chi connectivity index (χ2n) is 5.39. The van der Waals surface area contributed by atoms with Crippen LogP contribution in [0.25, 0.3) is 11.0 Å². The number of carbonyl (C=O) groups is 2. The molecule has 24 heavy (non-hydrogen) atoms. The Morgan fingerprint density at radius 2 is 1.96 bits per heavy atom. The van der Waals surface area contributed by atoms with Gasteiger partial charge in [-0.2, -0.15) is 0 Å². The van der Waals surface area contributed by atoms with E-state index >= 15 is 0 Å². The van der Waals surface area contributed by atoms with Gasteiger partial charge in [-0.15, -0.1) is 0 Å². The van der Waals surface area contributed by atoms with E-state index in [0.29, 0.717) is 17.4 Å². The first-order valence-corrected chi connectivity index (χ1v) is 7.80. The van der Waals surface area contributed by atoms with Gasteiger partial charge in [0.2, 0.25) is 0 Å². The van der Waals surface area contributed by atoms with Gasteiger partial charge in [0.15, 0.2) is 17.5 Å². The lowest BCUT2D eigenvalue weighted by Gasteiger charge is -2.18. The summed E-state index contributed by atoms with van der Waals surface area (Å²) in [6.07, 6.45) is -0.455. The van der Waals surface area contributed by atoms with Gasteiger partial charge in [-0.1, -0.05) is 6.92 Å². The zero-order valence-corrected chi connectivity index (χ0v) is 14.2. The molecule has 0 radical (unpaired) electrons. The number of aryl methyl sites for hydroxylation is 1. The third-order valence-electron chi connectivity index (χ3n) is 3.62. The lowest BCUT2D eigenvalue weighted by Crippen LogP contribution is -2.29. The molecule has 0 saturated heterocycles. The number of fused-ring (bicyclic) bond motifs is 1. The van der Waals surface area contributed by atoms with E-state index in [9.17, 15) is 14.4 Å². The second-order valence-corrected chi connectivity index (χ2v) is 5.39. The molecule has 1 heterocycles. The average molecular weight is 332 g/mol. The maximum Gasteiger partial charge on any atom is 0.347 e. The first-order valence-electron chi connectivity index (χ1n) is 7.80. The molecule has 1 aromatic heterocycles. The molecule has 0 aliphatic rings. The van der Waals surface area contributed by atoms with Crippen LogP contribution in [-0.2, 0) is 9.53 Å². The molecule has 6 nitrogen and oxygen atoms in total. The number of Topliss-reactive ketones (excluding diaryl/α,β-unsaturated/α-hetero) is 1. The van der Waals surface area contributed by atoms with Crippen molar-refractivity contribution in [2.24, 2.45) is 0 Å². The number of hydrogen-bond acceptors (Lipinski definition) is 6. The lowest BCUT2D eigenvalue weighted by atomic mass is 10.0. The van der Waals surface area contributed by atoms with Crippen molar-refractivity contribution in [3.05, 3.63) is 39.7 Å². The van der Waals surface area contributed by atoms with Crippen LogP contribution < -0.4 is 10.4 Å². The highest BCUT2D eigenvalue weighted by atomic mass is 16.6. The predicted molar refractivity (Wildman–Crippen MR) is 88.6 cm³/mol. The molecule has 1 unspecified atom stereocenters. The van der Waals surface area contributed by atoms with E-state index < -0.39 is 17.7 Å². The van der Waals surface area contributed by atoms with Gasteiger partial charge in [0.05, 0.1) is 6.61 Å². The Bertz CT molecular complexity index is 833. The largest absolute Gasteiger partial charge is 0.478 e. The Morgan fingerprint density at radius 1 is 1.25 bits per heavy atom. The molecular formula is C18H20O6. The van der Waals surface area contributed by atoms with Gasteiger partial charge in [-0.3, -0.25) is 4.79 Å². The molecule has 0 aliphatic carbocycles. The number of hydrogen-bond donors (Lipinski definition) is 0. The third-order valence-corrected chi connectivity index (χ3v) is 3.62. The number of rotatable bonds is 6. The molecule has 2 rings (SSSR count). The molecule has 0 spiro atoms. The van der Waals surface area contributed by atoms with Gasteiger partial charge < -0.3 is 13.9 Å². The Labute approximate surface area is 139 Å². The summed E-state index contributed by atoms with van der Waals surface area (Å²) in [7, 11) is 0. The van der Waals surface area contributed by atoms with E-state index in [1.54, 1.807) is 32.9 Å². The van der Waals surface area contributed by atoms with Crippen molar-refractivity contribution < 1.29 is 23.5 Å². The maximum atomic E-state index is 12.1. The summed E-state index contributed by atoms with van der Waals surface area (Å²) in [4.78, 5) is 35.7. The smallest absolute Gasteiger partial charge is 0.347 e. The lowest BCUT2D eigenvalue weighted by molar-refractivity contribution is -0.151. The quantitative estimate of drug-likeness (QED) is 0.459. The molecule has 0 N–H and O–H groups in total. The van der Waals surface area contributed by atoms with Gasteiger partial charge in [-0.05, 0) is 44.9 Å². The molecule has 6 heteroatoms. The molecule has 0 aliphatic heterocycles. The van der Waals surface area contributed by atoms with Crippen LogP contribution in [0.1, 0.15) is 43.1 Å².